The predicted octanol–water partition coefficient (Wildman–Crippen LogP) is 4.29. The fraction of sp³-hybridized carbons (Fsp3) is 0.318. The molecule has 1 fully saturated rings. The number of piperidine rings is 1. The lowest BCUT2D eigenvalue weighted by molar-refractivity contribution is -0.384. The summed E-state index contributed by atoms with van der Waals surface area (Å²) < 4.78 is 43.1. The number of halogens is 3. The van der Waals surface area contributed by atoms with Gasteiger partial charge in [0.1, 0.15) is 0 Å². The van der Waals surface area contributed by atoms with Crippen LogP contribution in [-0.4, -0.2) is 50.4 Å². The van der Waals surface area contributed by atoms with Crippen molar-refractivity contribution in [3.63, 3.8) is 0 Å². The van der Waals surface area contributed by atoms with Crippen LogP contribution in [0, 0.1) is 10.1 Å². The number of rotatable bonds is 8. The number of nitro groups is 1. The van der Waals surface area contributed by atoms with Crippen molar-refractivity contribution in [3.05, 3.63) is 70.0 Å². The molecule has 4 rings (SSSR count). The van der Waals surface area contributed by atoms with Gasteiger partial charge in [0, 0.05) is 24.9 Å². The lowest BCUT2D eigenvalue weighted by atomic mass is 9.99. The molecule has 1 atom stereocenters. The number of anilines is 2. The van der Waals surface area contributed by atoms with Gasteiger partial charge >= 0.3 is 12.2 Å². The third-order valence-electron chi connectivity index (χ3n) is 5.24. The zero-order valence-electron chi connectivity index (χ0n) is 18.8. The Morgan fingerprint density at radius 1 is 1.17 bits per heavy atom. The summed E-state index contributed by atoms with van der Waals surface area (Å²) in [5, 5.41) is 14.8. The van der Waals surface area contributed by atoms with Gasteiger partial charge in [-0.25, -0.2) is 5.43 Å². The molecular weight excluding hydrogens is 481 g/mol. The van der Waals surface area contributed by atoms with Crippen molar-refractivity contribution in [2.75, 3.05) is 23.5 Å². The van der Waals surface area contributed by atoms with Crippen LogP contribution in [0.3, 0.4) is 0 Å². The van der Waals surface area contributed by atoms with E-state index in [-0.39, 0.29) is 23.6 Å². The number of nitrogens with one attached hydrogen (secondary N) is 1. The topological polar surface area (TPSA) is 132 Å². The first-order valence-corrected chi connectivity index (χ1v) is 11.0. The van der Waals surface area contributed by atoms with Gasteiger partial charge < -0.3 is 9.64 Å². The Labute approximate surface area is 203 Å². The van der Waals surface area contributed by atoms with E-state index in [0.29, 0.717) is 12.1 Å². The number of non-ortho nitro benzene ring substituents is 1. The van der Waals surface area contributed by atoms with E-state index in [0.717, 1.165) is 25.0 Å². The van der Waals surface area contributed by atoms with Gasteiger partial charge in [-0.1, -0.05) is 6.07 Å². The molecule has 14 heteroatoms. The number of ether oxygens (including phenoxy) is 1. The minimum atomic E-state index is -4.57. The summed E-state index contributed by atoms with van der Waals surface area (Å²) in [6.45, 7) is -0.999. The van der Waals surface area contributed by atoms with Crippen molar-refractivity contribution >= 4 is 23.8 Å². The molecule has 0 aliphatic carbocycles. The molecule has 11 nitrogen and oxygen atoms in total. The average Bonchev–Trinajstić information content (AvgIpc) is 2.88. The van der Waals surface area contributed by atoms with Crippen molar-refractivity contribution < 1.29 is 22.8 Å². The number of nitrogens with zero attached hydrogens (tertiary/aromatic N) is 7. The normalized spacial score (nSPS) is 16.2. The summed E-state index contributed by atoms with van der Waals surface area (Å²) in [6.07, 6.45) is 1.02. The molecule has 1 aliphatic rings. The number of hydrogen-bond acceptors (Lipinski definition) is 10. The largest absolute Gasteiger partial charge is 0.454 e. The average molecular weight is 502 g/mol. The smallest absolute Gasteiger partial charge is 0.422 e. The molecule has 0 saturated carbocycles. The van der Waals surface area contributed by atoms with Crippen molar-refractivity contribution in [2.24, 2.45) is 5.10 Å². The van der Waals surface area contributed by atoms with Crippen LogP contribution in [0.2, 0.25) is 0 Å². The van der Waals surface area contributed by atoms with E-state index in [4.69, 9.17) is 4.74 Å². The van der Waals surface area contributed by atoms with Crippen LogP contribution in [0.5, 0.6) is 6.01 Å². The molecule has 1 aromatic carbocycles. The van der Waals surface area contributed by atoms with Gasteiger partial charge in [-0.05, 0) is 49.1 Å². The van der Waals surface area contributed by atoms with Crippen LogP contribution in [0.25, 0.3) is 0 Å². The van der Waals surface area contributed by atoms with Crippen LogP contribution in [0.15, 0.2) is 53.8 Å². The fourth-order valence-corrected chi connectivity index (χ4v) is 3.63. The lowest BCUT2D eigenvalue weighted by Crippen LogP contribution is -2.35. The van der Waals surface area contributed by atoms with E-state index >= 15 is 0 Å². The molecule has 0 amide bonds. The predicted molar refractivity (Wildman–Crippen MR) is 124 cm³/mol. The number of alkyl halides is 3. The highest BCUT2D eigenvalue weighted by molar-refractivity contribution is 5.80. The van der Waals surface area contributed by atoms with E-state index in [1.54, 1.807) is 12.3 Å². The maximum absolute atomic E-state index is 12.8. The second kappa shape index (κ2) is 10.9. The molecular formula is C22H21F3N8O3. The number of pyridine rings is 1. The third-order valence-corrected chi connectivity index (χ3v) is 5.24. The highest BCUT2D eigenvalue weighted by Crippen LogP contribution is 2.33. The molecule has 0 radical (unpaired) electrons. The van der Waals surface area contributed by atoms with Gasteiger partial charge in [-0.3, -0.25) is 15.1 Å². The number of hydrogen-bond donors (Lipinski definition) is 1. The maximum atomic E-state index is 12.8. The Balaban J connectivity index is 1.59. The van der Waals surface area contributed by atoms with Crippen molar-refractivity contribution in [1.82, 2.24) is 19.9 Å². The minimum absolute atomic E-state index is 0.0716. The zero-order chi connectivity index (χ0) is 25.5. The third kappa shape index (κ3) is 6.61. The molecule has 2 aromatic heterocycles. The standard InChI is InChI=1S/C22H21F3N8O3/c23-22(24,25)14-36-21-29-19(31-27-13-15-7-9-16(10-8-15)33(34)35)28-20(30-21)32-12-4-2-6-18(32)17-5-1-3-11-26-17/h1,3,5,7-11,13,18H,2,4,6,12,14H2,(H,28,29,30,31)/b27-13+/t18-/m1/s1. The van der Waals surface area contributed by atoms with Crippen LogP contribution >= 0.6 is 0 Å². The summed E-state index contributed by atoms with van der Waals surface area (Å²) in [5.74, 6) is 0.00578. The van der Waals surface area contributed by atoms with Crippen LogP contribution in [-0.2, 0) is 0 Å². The monoisotopic (exact) mass is 502 g/mol. The molecule has 1 N–H and O–H groups in total. The van der Waals surface area contributed by atoms with Gasteiger partial charge in [-0.15, -0.1) is 0 Å². The van der Waals surface area contributed by atoms with E-state index in [1.165, 1.54) is 30.5 Å². The molecule has 3 heterocycles. The molecule has 0 unspecified atom stereocenters. The number of nitro benzene ring substituents is 1. The van der Waals surface area contributed by atoms with E-state index < -0.39 is 23.7 Å². The molecule has 3 aromatic rings. The second-order valence-corrected chi connectivity index (χ2v) is 7.82. The van der Waals surface area contributed by atoms with Gasteiger partial charge in [0.25, 0.3) is 11.6 Å². The Morgan fingerprint density at radius 3 is 2.67 bits per heavy atom. The minimum Gasteiger partial charge on any atom is -0.454 e. The number of aromatic nitrogens is 4. The maximum Gasteiger partial charge on any atom is 0.422 e. The summed E-state index contributed by atoms with van der Waals surface area (Å²) >= 11 is 0. The van der Waals surface area contributed by atoms with Crippen molar-refractivity contribution in [3.8, 4) is 6.01 Å². The van der Waals surface area contributed by atoms with E-state index in [2.05, 4.69) is 30.5 Å². The quantitative estimate of drug-likeness (QED) is 0.272. The van der Waals surface area contributed by atoms with Crippen LogP contribution in [0.1, 0.15) is 36.6 Å². The Hall–Kier alpha value is -4.36. The van der Waals surface area contributed by atoms with Gasteiger partial charge in [0.15, 0.2) is 6.61 Å². The first-order chi connectivity index (χ1) is 17.3. The van der Waals surface area contributed by atoms with E-state index in [9.17, 15) is 23.3 Å². The van der Waals surface area contributed by atoms with Gasteiger partial charge in [0.05, 0.1) is 22.9 Å². The van der Waals surface area contributed by atoms with Gasteiger partial charge in [-0.2, -0.15) is 33.2 Å². The molecule has 1 saturated heterocycles. The molecule has 0 bridgehead atoms. The first kappa shape index (κ1) is 24.8. The van der Waals surface area contributed by atoms with Gasteiger partial charge in [0.2, 0.25) is 5.95 Å². The first-order valence-electron chi connectivity index (χ1n) is 11.0. The SMILES string of the molecule is O=[N+]([O-])c1ccc(/C=N/Nc2nc(OCC(F)(F)F)nc(N3CCCC[C@@H]3c3ccccn3)n2)cc1. The van der Waals surface area contributed by atoms with Crippen molar-refractivity contribution in [2.45, 2.75) is 31.5 Å². The summed E-state index contributed by atoms with van der Waals surface area (Å²) in [6, 6.07) is 10.5. The lowest BCUT2D eigenvalue weighted by Gasteiger charge is -2.35. The van der Waals surface area contributed by atoms with E-state index in [1.807, 2.05) is 17.0 Å². The molecule has 0 spiro atoms. The fourth-order valence-electron chi connectivity index (χ4n) is 3.63. The molecule has 188 valence electrons. The zero-order valence-corrected chi connectivity index (χ0v) is 18.8. The second-order valence-electron chi connectivity index (χ2n) is 7.82. The molecule has 36 heavy (non-hydrogen) atoms. The summed E-state index contributed by atoms with van der Waals surface area (Å²) in [5.41, 5.74) is 3.84. The van der Waals surface area contributed by atoms with Crippen LogP contribution in [0.4, 0.5) is 30.8 Å². The molecule has 1 aliphatic heterocycles. The highest BCUT2D eigenvalue weighted by Gasteiger charge is 2.31. The van der Waals surface area contributed by atoms with Crippen LogP contribution < -0.4 is 15.1 Å². The summed E-state index contributed by atoms with van der Waals surface area (Å²) in [7, 11) is 0. The summed E-state index contributed by atoms with van der Waals surface area (Å²) in [4.78, 5) is 28.9. The number of benzene rings is 1. The number of hydrazone groups is 1. The Kier molecular flexibility index (Phi) is 7.51. The highest BCUT2D eigenvalue weighted by atomic mass is 19.4. The Morgan fingerprint density at radius 2 is 1.97 bits per heavy atom. The Bertz CT molecular complexity index is 1210. The van der Waals surface area contributed by atoms with Crippen molar-refractivity contribution in [1.29, 1.82) is 0 Å².